The second kappa shape index (κ2) is 9.07. The lowest BCUT2D eigenvalue weighted by Gasteiger charge is -2.26. The number of pyridine rings is 1. The molecule has 3 aromatic rings. The molecule has 1 saturated carbocycles. The molecule has 1 unspecified atom stereocenters. The van der Waals surface area contributed by atoms with Gasteiger partial charge in [-0.05, 0) is 83.6 Å². The Labute approximate surface area is 214 Å². The quantitative estimate of drug-likeness (QED) is 0.450. The Balaban J connectivity index is 1.51. The molecule has 1 fully saturated rings. The number of carbonyl (C=O) groups is 2. The molecule has 2 aromatic heterocycles. The second-order valence-electron chi connectivity index (χ2n) is 10.8. The lowest BCUT2D eigenvalue weighted by Crippen LogP contribution is -2.41. The van der Waals surface area contributed by atoms with Crippen LogP contribution in [0.15, 0.2) is 29.2 Å². The van der Waals surface area contributed by atoms with Crippen LogP contribution in [0.25, 0.3) is 21.3 Å². The number of ketones is 1. The average molecular weight is 509 g/mol. The highest BCUT2D eigenvalue weighted by atomic mass is 32.1. The fourth-order valence-corrected chi connectivity index (χ4v) is 6.19. The largest absolute Gasteiger partial charge is 0.494 e. The predicted molar refractivity (Wildman–Crippen MR) is 142 cm³/mol. The van der Waals surface area contributed by atoms with E-state index in [1.54, 1.807) is 24.6 Å². The Hall–Kier alpha value is -3.13. The van der Waals surface area contributed by atoms with E-state index in [2.05, 4.69) is 16.0 Å². The summed E-state index contributed by atoms with van der Waals surface area (Å²) >= 11 is 1.73. The maximum absolute atomic E-state index is 13.1. The molecule has 2 aliphatic carbocycles. The third-order valence-corrected chi connectivity index (χ3v) is 8.01. The fraction of sp³-hybridized carbons (Fsp3) is 0.464. The van der Waals surface area contributed by atoms with Crippen molar-refractivity contribution in [3.63, 3.8) is 0 Å². The molecule has 2 heterocycles. The molecule has 7 nitrogen and oxygen atoms in total. The lowest BCUT2D eigenvalue weighted by molar-refractivity contribution is 0.0500. The van der Waals surface area contributed by atoms with E-state index < -0.39 is 5.60 Å². The molecule has 0 bridgehead atoms. The minimum Gasteiger partial charge on any atom is -0.494 e. The van der Waals surface area contributed by atoms with Crippen molar-refractivity contribution in [2.75, 3.05) is 7.11 Å². The molecular formula is C28H32N2O5S. The highest BCUT2D eigenvalue weighted by molar-refractivity contribution is 7.15. The Morgan fingerprint density at radius 1 is 1.17 bits per heavy atom. The molecule has 0 saturated heterocycles. The zero-order chi connectivity index (χ0) is 25.8. The highest BCUT2D eigenvalue weighted by Gasteiger charge is 2.30. The molecule has 1 N–H and O–H groups in total. The van der Waals surface area contributed by atoms with E-state index in [9.17, 15) is 14.4 Å². The molecule has 5 rings (SSSR count). The Morgan fingerprint density at radius 3 is 2.56 bits per heavy atom. The van der Waals surface area contributed by atoms with Crippen molar-refractivity contribution >= 4 is 34.1 Å². The number of nitrogens with one attached hydrogen (secondary N) is 1. The minimum atomic E-state index is -0.529. The first kappa shape index (κ1) is 24.6. The Morgan fingerprint density at radius 2 is 1.92 bits per heavy atom. The van der Waals surface area contributed by atoms with Crippen molar-refractivity contribution in [2.24, 2.45) is 0 Å². The summed E-state index contributed by atoms with van der Waals surface area (Å²) in [6, 6.07) is 6.23. The number of hydrogen-bond donors (Lipinski definition) is 1. The van der Waals surface area contributed by atoms with Gasteiger partial charge in [0.05, 0.1) is 23.6 Å². The smallest absolute Gasteiger partial charge is 0.407 e. The summed E-state index contributed by atoms with van der Waals surface area (Å²) in [6.45, 7) is 7.01. The van der Waals surface area contributed by atoms with Crippen LogP contribution in [0.5, 0.6) is 5.75 Å². The van der Waals surface area contributed by atoms with Gasteiger partial charge < -0.3 is 19.4 Å². The van der Waals surface area contributed by atoms with Gasteiger partial charge in [-0.3, -0.25) is 9.59 Å². The first-order chi connectivity index (χ1) is 17.1. The van der Waals surface area contributed by atoms with Crippen LogP contribution in [0.3, 0.4) is 0 Å². The number of methoxy groups -OCH3 is 1. The number of fused-ring (bicyclic) bond motifs is 2. The Bertz CT molecular complexity index is 1420. The normalized spacial score (nSPS) is 17.5. The number of amides is 1. The van der Waals surface area contributed by atoms with Crippen molar-refractivity contribution in [1.29, 1.82) is 0 Å². The number of benzene rings is 1. The highest BCUT2D eigenvalue weighted by Crippen LogP contribution is 2.45. The summed E-state index contributed by atoms with van der Waals surface area (Å²) in [5.41, 5.74) is 2.35. The number of rotatable bonds is 5. The molecule has 8 heteroatoms. The van der Waals surface area contributed by atoms with Gasteiger partial charge in [0.2, 0.25) is 0 Å². The maximum Gasteiger partial charge on any atom is 0.407 e. The molecule has 1 aromatic carbocycles. The zero-order valence-corrected chi connectivity index (χ0v) is 22.2. The monoisotopic (exact) mass is 508 g/mol. The first-order valence-corrected chi connectivity index (χ1v) is 13.3. The second-order valence-corrected chi connectivity index (χ2v) is 11.9. The number of Topliss-reactive ketones (excluding diaryl/α,β-unsaturated/α-hetero) is 1. The van der Waals surface area contributed by atoms with Gasteiger partial charge in [-0.1, -0.05) is 0 Å². The fourth-order valence-electron chi connectivity index (χ4n) is 4.96. The van der Waals surface area contributed by atoms with Gasteiger partial charge in [0.25, 0.3) is 0 Å². The van der Waals surface area contributed by atoms with Crippen LogP contribution >= 0.6 is 11.3 Å². The van der Waals surface area contributed by atoms with E-state index in [4.69, 9.17) is 9.47 Å². The molecule has 0 spiro atoms. The predicted octanol–water partition coefficient (Wildman–Crippen LogP) is 5.66. The molecule has 1 atom stereocenters. The van der Waals surface area contributed by atoms with Gasteiger partial charge in [-0.15, -0.1) is 11.3 Å². The number of hydrogen-bond acceptors (Lipinski definition) is 6. The molecule has 36 heavy (non-hydrogen) atoms. The van der Waals surface area contributed by atoms with Crippen molar-refractivity contribution in [2.45, 2.75) is 77.5 Å². The average Bonchev–Trinajstić information content (AvgIpc) is 3.55. The number of aryl methyl sites for hydroxylation is 1. The lowest BCUT2D eigenvalue weighted by atomic mass is 9.94. The van der Waals surface area contributed by atoms with Crippen LogP contribution in [-0.2, 0) is 17.6 Å². The van der Waals surface area contributed by atoms with Gasteiger partial charge in [-0.2, -0.15) is 0 Å². The number of carbonyl (C=O) groups excluding carboxylic acids is 2. The van der Waals surface area contributed by atoms with Crippen molar-refractivity contribution in [3.05, 3.63) is 50.6 Å². The van der Waals surface area contributed by atoms with E-state index >= 15 is 0 Å². The number of thiophene rings is 1. The standard InChI is InChI=1S/C28H32N2O5S/c1-15(31)21-14-30(18-7-8-18)24-20(25(21)32)10-9-19(26(24)34-5)23-13-16-12-17(6-11-22(16)36-23)29-27(33)35-28(2,3)4/h9-10,13-14,17-18H,6-8,11-12H2,1-5H3,(H,29,33). The van der Waals surface area contributed by atoms with Crippen LogP contribution in [-0.4, -0.2) is 35.2 Å². The van der Waals surface area contributed by atoms with Gasteiger partial charge in [-0.25, -0.2) is 4.79 Å². The van der Waals surface area contributed by atoms with Crippen LogP contribution in [0.1, 0.15) is 73.8 Å². The first-order valence-electron chi connectivity index (χ1n) is 12.4. The molecule has 1 amide bonds. The van der Waals surface area contributed by atoms with E-state index in [1.807, 2.05) is 32.9 Å². The molecule has 2 aliphatic rings. The number of alkyl carbamates (subject to hydrolysis) is 1. The third-order valence-electron chi connectivity index (χ3n) is 6.74. The van der Waals surface area contributed by atoms with Gasteiger partial charge in [0, 0.05) is 33.6 Å². The van der Waals surface area contributed by atoms with Crippen molar-refractivity contribution in [1.82, 2.24) is 9.88 Å². The van der Waals surface area contributed by atoms with Crippen LogP contribution in [0.2, 0.25) is 0 Å². The maximum atomic E-state index is 13.1. The zero-order valence-electron chi connectivity index (χ0n) is 21.4. The summed E-state index contributed by atoms with van der Waals surface area (Å²) in [4.78, 5) is 39.9. The van der Waals surface area contributed by atoms with E-state index in [0.717, 1.165) is 48.1 Å². The Kier molecular flexibility index (Phi) is 6.19. The number of aromatic nitrogens is 1. The SMILES string of the molecule is COc1c(-c2cc3c(s2)CCC(NC(=O)OC(C)(C)C)C3)ccc2c(=O)c(C(C)=O)cn(C3CC3)c12. The van der Waals surface area contributed by atoms with Gasteiger partial charge >= 0.3 is 6.09 Å². The summed E-state index contributed by atoms with van der Waals surface area (Å²) in [6.07, 6.45) is 5.84. The summed E-state index contributed by atoms with van der Waals surface area (Å²) in [5.74, 6) is 0.438. The molecule has 0 aliphatic heterocycles. The third kappa shape index (κ3) is 4.66. The number of ether oxygens (including phenoxy) is 2. The van der Waals surface area contributed by atoms with Gasteiger partial charge in [0.15, 0.2) is 17.0 Å². The van der Waals surface area contributed by atoms with Crippen LogP contribution in [0, 0.1) is 0 Å². The summed E-state index contributed by atoms with van der Waals surface area (Å²) in [7, 11) is 1.63. The topological polar surface area (TPSA) is 86.6 Å². The number of nitrogens with zero attached hydrogens (tertiary/aromatic N) is 1. The minimum absolute atomic E-state index is 0.0262. The van der Waals surface area contributed by atoms with Crippen LogP contribution < -0.4 is 15.5 Å². The van der Waals surface area contributed by atoms with E-state index in [1.165, 1.54) is 17.4 Å². The van der Waals surface area contributed by atoms with Crippen molar-refractivity contribution < 1.29 is 19.1 Å². The van der Waals surface area contributed by atoms with E-state index in [-0.39, 0.29) is 35.0 Å². The van der Waals surface area contributed by atoms with Crippen LogP contribution in [0.4, 0.5) is 4.79 Å². The molecule has 0 radical (unpaired) electrons. The van der Waals surface area contributed by atoms with Gasteiger partial charge in [0.1, 0.15) is 5.60 Å². The summed E-state index contributed by atoms with van der Waals surface area (Å²) in [5, 5.41) is 3.52. The molecule has 190 valence electrons. The summed E-state index contributed by atoms with van der Waals surface area (Å²) < 4.78 is 13.4. The van der Waals surface area contributed by atoms with E-state index in [0.29, 0.717) is 11.1 Å². The van der Waals surface area contributed by atoms with Crippen molar-refractivity contribution in [3.8, 4) is 16.2 Å². The molecular weight excluding hydrogens is 476 g/mol.